The average molecular weight is 361 g/mol. The Labute approximate surface area is 147 Å². The van der Waals surface area contributed by atoms with Gasteiger partial charge in [-0.3, -0.25) is 4.79 Å². The Hall–Kier alpha value is -2.81. The smallest absolute Gasteiger partial charge is 0.276 e. The van der Waals surface area contributed by atoms with Crippen LogP contribution in [0, 0.1) is 5.82 Å². The number of pyridine rings is 1. The number of carbonyl (C=O) groups excluding carboxylic acids is 1. The van der Waals surface area contributed by atoms with E-state index in [-0.39, 0.29) is 11.1 Å². The molecule has 3 heterocycles. The molecule has 0 fully saturated rings. The molecule has 1 amide bonds. The summed E-state index contributed by atoms with van der Waals surface area (Å²) >= 11 is 1.24. The molecule has 7 nitrogen and oxygen atoms in total. The van der Waals surface area contributed by atoms with Gasteiger partial charge in [-0.25, -0.2) is 14.4 Å². The largest absolute Gasteiger partial charge is 0.359 e. The number of hydrogen-bond donors (Lipinski definition) is 2. The van der Waals surface area contributed by atoms with Crippen molar-refractivity contribution in [3.63, 3.8) is 0 Å². The minimum atomic E-state index is -0.424. The maximum Gasteiger partial charge on any atom is 0.276 e. The van der Waals surface area contributed by atoms with Gasteiger partial charge in [0.1, 0.15) is 23.1 Å². The number of aromatic nitrogens is 3. The van der Waals surface area contributed by atoms with E-state index in [1.807, 2.05) is 20.8 Å². The molecule has 0 saturated heterocycles. The molecule has 0 radical (unpaired) electrons. The van der Waals surface area contributed by atoms with E-state index in [2.05, 4.69) is 25.8 Å². The van der Waals surface area contributed by atoms with Crippen LogP contribution >= 0.6 is 11.3 Å². The lowest BCUT2D eigenvalue weighted by Gasteiger charge is -2.11. The molecule has 0 aliphatic rings. The molecule has 25 heavy (non-hydrogen) atoms. The predicted molar refractivity (Wildman–Crippen MR) is 92.7 cm³/mol. The van der Waals surface area contributed by atoms with Gasteiger partial charge in [0.15, 0.2) is 10.9 Å². The third kappa shape index (κ3) is 4.18. The third-order valence-electron chi connectivity index (χ3n) is 3.19. The van der Waals surface area contributed by atoms with Crippen LogP contribution in [-0.2, 0) is 5.41 Å². The first-order valence-corrected chi connectivity index (χ1v) is 8.32. The number of nitrogens with one attached hydrogen (secondary N) is 2. The van der Waals surface area contributed by atoms with Crippen LogP contribution in [0.2, 0.25) is 0 Å². The number of rotatable bonds is 4. The van der Waals surface area contributed by atoms with Crippen molar-refractivity contribution in [2.75, 3.05) is 10.6 Å². The van der Waals surface area contributed by atoms with Gasteiger partial charge in [0.25, 0.3) is 5.91 Å². The Morgan fingerprint density at radius 3 is 2.72 bits per heavy atom. The van der Waals surface area contributed by atoms with Crippen molar-refractivity contribution >= 4 is 34.0 Å². The van der Waals surface area contributed by atoms with Crippen LogP contribution in [0.25, 0.3) is 0 Å². The summed E-state index contributed by atoms with van der Waals surface area (Å²) < 4.78 is 18.1. The van der Waals surface area contributed by atoms with Crippen LogP contribution < -0.4 is 10.6 Å². The van der Waals surface area contributed by atoms with Gasteiger partial charge in [0, 0.05) is 16.9 Å². The molecule has 2 N–H and O–H groups in total. The number of hydrogen-bond acceptors (Lipinski definition) is 7. The van der Waals surface area contributed by atoms with Crippen molar-refractivity contribution in [1.29, 1.82) is 0 Å². The van der Waals surface area contributed by atoms with Crippen LogP contribution in [0.4, 0.5) is 21.2 Å². The van der Waals surface area contributed by atoms with Crippen LogP contribution in [0.5, 0.6) is 0 Å². The van der Waals surface area contributed by atoms with E-state index in [1.54, 1.807) is 11.4 Å². The van der Waals surface area contributed by atoms with E-state index in [0.29, 0.717) is 22.5 Å². The topological polar surface area (TPSA) is 92.9 Å². The maximum atomic E-state index is 12.8. The Morgan fingerprint density at radius 1 is 1.28 bits per heavy atom. The molecule has 3 aromatic rings. The molecule has 3 rings (SSSR count). The summed E-state index contributed by atoms with van der Waals surface area (Å²) in [5.41, 5.74) is 0.0329. The summed E-state index contributed by atoms with van der Waals surface area (Å²) in [6.07, 6.45) is 1.10. The second kappa shape index (κ2) is 6.60. The van der Waals surface area contributed by atoms with Gasteiger partial charge in [-0.1, -0.05) is 25.9 Å². The van der Waals surface area contributed by atoms with E-state index in [1.165, 1.54) is 23.5 Å². The zero-order valence-electron chi connectivity index (χ0n) is 13.8. The Kier molecular flexibility index (Phi) is 4.49. The van der Waals surface area contributed by atoms with E-state index in [9.17, 15) is 9.18 Å². The number of thiazole rings is 1. The van der Waals surface area contributed by atoms with Crippen molar-refractivity contribution in [3.05, 3.63) is 47.0 Å². The molecule has 0 spiro atoms. The summed E-state index contributed by atoms with van der Waals surface area (Å²) in [6, 6.07) is 4.46. The second-order valence-electron chi connectivity index (χ2n) is 6.31. The lowest BCUT2D eigenvalue weighted by molar-refractivity contribution is 0.102. The van der Waals surface area contributed by atoms with Gasteiger partial charge in [0.05, 0.1) is 6.20 Å². The highest BCUT2D eigenvalue weighted by Gasteiger charge is 2.21. The van der Waals surface area contributed by atoms with Crippen LogP contribution in [-0.4, -0.2) is 21.0 Å². The average Bonchev–Trinajstić information content (AvgIpc) is 3.18. The fourth-order valence-electron chi connectivity index (χ4n) is 1.86. The standard InChI is InChI=1S/C16H16FN5O2S/c1-16(2,3)11-6-13(22-24-11)20-14(23)10-8-25-15(19-10)21-12-5-4-9(17)7-18-12/h4-8H,1-3H3,(H,18,19,21)(H,20,22,23). The molecular weight excluding hydrogens is 345 g/mol. The number of anilines is 3. The molecule has 0 atom stereocenters. The van der Waals surface area contributed by atoms with Gasteiger partial charge >= 0.3 is 0 Å². The van der Waals surface area contributed by atoms with E-state index in [4.69, 9.17) is 4.52 Å². The van der Waals surface area contributed by atoms with Gasteiger partial charge in [-0.2, -0.15) is 0 Å². The van der Waals surface area contributed by atoms with Crippen molar-refractivity contribution < 1.29 is 13.7 Å². The van der Waals surface area contributed by atoms with Crippen LogP contribution in [0.3, 0.4) is 0 Å². The summed E-state index contributed by atoms with van der Waals surface area (Å²) in [7, 11) is 0. The molecule has 0 bridgehead atoms. The number of carbonyl (C=O) groups is 1. The highest BCUT2D eigenvalue weighted by Crippen LogP contribution is 2.25. The summed E-state index contributed by atoms with van der Waals surface area (Å²) in [4.78, 5) is 20.3. The number of amides is 1. The predicted octanol–water partition coefficient (Wildman–Crippen LogP) is 3.96. The minimum absolute atomic E-state index is 0.199. The minimum Gasteiger partial charge on any atom is -0.359 e. The monoisotopic (exact) mass is 361 g/mol. The Bertz CT molecular complexity index is 883. The molecule has 130 valence electrons. The number of nitrogens with zero attached hydrogens (tertiary/aromatic N) is 3. The zero-order valence-corrected chi connectivity index (χ0v) is 14.6. The normalized spacial score (nSPS) is 11.4. The summed E-state index contributed by atoms with van der Waals surface area (Å²) in [5, 5.41) is 11.5. The third-order valence-corrected chi connectivity index (χ3v) is 3.95. The van der Waals surface area contributed by atoms with Crippen LogP contribution in [0.1, 0.15) is 37.0 Å². The molecule has 0 aliphatic heterocycles. The fraction of sp³-hybridized carbons (Fsp3) is 0.250. The quantitative estimate of drug-likeness (QED) is 0.731. The Balaban J connectivity index is 1.66. The highest BCUT2D eigenvalue weighted by atomic mass is 32.1. The van der Waals surface area contributed by atoms with Crippen LogP contribution in [0.15, 0.2) is 34.3 Å². The molecule has 3 aromatic heterocycles. The van der Waals surface area contributed by atoms with E-state index >= 15 is 0 Å². The van der Waals surface area contributed by atoms with E-state index in [0.717, 1.165) is 6.20 Å². The SMILES string of the molecule is CC(C)(C)c1cc(NC(=O)c2csc(Nc3ccc(F)cn3)n2)no1. The van der Waals surface area contributed by atoms with Crippen molar-refractivity contribution in [1.82, 2.24) is 15.1 Å². The van der Waals surface area contributed by atoms with E-state index < -0.39 is 11.7 Å². The first-order valence-electron chi connectivity index (χ1n) is 7.44. The molecule has 0 aromatic carbocycles. The lowest BCUT2D eigenvalue weighted by Crippen LogP contribution is -2.13. The molecular formula is C16H16FN5O2S. The first-order chi connectivity index (χ1) is 11.8. The molecule has 0 saturated carbocycles. The van der Waals surface area contributed by atoms with Crippen molar-refractivity contribution in [2.45, 2.75) is 26.2 Å². The summed E-state index contributed by atoms with van der Waals surface area (Å²) in [5.74, 6) is 0.620. The van der Waals surface area contributed by atoms with Gasteiger partial charge in [0.2, 0.25) is 0 Å². The van der Waals surface area contributed by atoms with Gasteiger partial charge in [-0.15, -0.1) is 11.3 Å². The van der Waals surface area contributed by atoms with Gasteiger partial charge in [-0.05, 0) is 12.1 Å². The fourth-order valence-corrected chi connectivity index (χ4v) is 2.56. The first kappa shape index (κ1) is 17.0. The highest BCUT2D eigenvalue weighted by molar-refractivity contribution is 7.14. The Morgan fingerprint density at radius 2 is 2.08 bits per heavy atom. The summed E-state index contributed by atoms with van der Waals surface area (Å²) in [6.45, 7) is 5.96. The van der Waals surface area contributed by atoms with Crippen molar-refractivity contribution in [3.8, 4) is 0 Å². The van der Waals surface area contributed by atoms with Gasteiger partial charge < -0.3 is 15.2 Å². The molecule has 0 aliphatic carbocycles. The molecule has 9 heteroatoms. The lowest BCUT2D eigenvalue weighted by atomic mass is 9.93. The zero-order chi connectivity index (χ0) is 18.0. The second-order valence-corrected chi connectivity index (χ2v) is 7.16. The van der Waals surface area contributed by atoms with Crippen molar-refractivity contribution in [2.24, 2.45) is 0 Å². The number of halogens is 1. The molecule has 0 unspecified atom stereocenters. The maximum absolute atomic E-state index is 12.8.